The number of hydrogen-bond donors (Lipinski definition) is 2. The standard InChI is InChI=1S/C28H26F4N6O2S/c29-19-4-1-5-21(11-19)40-23-7-6-22(26(25(23)28(30,31)32)38-10-2-3-17(13-33)15-38)37-24(39)12-20-16-41-27(36-20)18-8-9-34-35-14-18/h1,4-9,11,14,16-17H,2-3,10,12-13,15,33H2,(H,37,39)/t17-/m0/s1. The Balaban J connectivity index is 1.49. The normalized spacial score (nSPS) is 15.5. The molecule has 1 aliphatic rings. The van der Waals surface area contributed by atoms with Gasteiger partial charge in [0, 0.05) is 30.1 Å². The number of benzene rings is 2. The third kappa shape index (κ3) is 6.80. The lowest BCUT2D eigenvalue weighted by Crippen LogP contribution is -2.40. The van der Waals surface area contributed by atoms with E-state index in [4.69, 9.17) is 10.5 Å². The van der Waals surface area contributed by atoms with E-state index in [1.807, 2.05) is 0 Å². The van der Waals surface area contributed by atoms with Crippen molar-refractivity contribution < 1.29 is 27.1 Å². The molecule has 13 heteroatoms. The maximum absolute atomic E-state index is 14.7. The van der Waals surface area contributed by atoms with Gasteiger partial charge >= 0.3 is 6.18 Å². The van der Waals surface area contributed by atoms with Crippen molar-refractivity contribution in [1.82, 2.24) is 15.2 Å². The van der Waals surface area contributed by atoms with Gasteiger partial charge < -0.3 is 20.7 Å². The zero-order chi connectivity index (χ0) is 29.0. The molecule has 5 rings (SSSR count). The first-order valence-electron chi connectivity index (χ1n) is 12.8. The first-order valence-corrected chi connectivity index (χ1v) is 13.7. The topological polar surface area (TPSA) is 106 Å². The molecule has 41 heavy (non-hydrogen) atoms. The summed E-state index contributed by atoms with van der Waals surface area (Å²) in [6.07, 6.45) is -0.504. The number of nitrogens with two attached hydrogens (primary N) is 1. The summed E-state index contributed by atoms with van der Waals surface area (Å²) in [6.45, 7) is 0.931. The number of anilines is 2. The molecule has 0 unspecified atom stereocenters. The number of nitrogens with zero attached hydrogens (tertiary/aromatic N) is 4. The second-order valence-corrected chi connectivity index (χ2v) is 10.4. The molecule has 1 saturated heterocycles. The average molecular weight is 587 g/mol. The molecular weight excluding hydrogens is 560 g/mol. The van der Waals surface area contributed by atoms with E-state index in [1.54, 1.807) is 22.5 Å². The van der Waals surface area contributed by atoms with Gasteiger partial charge in [0.25, 0.3) is 0 Å². The SMILES string of the molecule is NC[C@@H]1CCCN(c2c(NC(=O)Cc3csc(-c4ccnnc4)n3)ccc(Oc3cccc(F)c3)c2C(F)(F)F)C1. The molecule has 0 aliphatic carbocycles. The summed E-state index contributed by atoms with van der Waals surface area (Å²) >= 11 is 1.32. The predicted octanol–water partition coefficient (Wildman–Crippen LogP) is 5.91. The fourth-order valence-corrected chi connectivity index (χ4v) is 5.59. The molecule has 1 fully saturated rings. The number of thiazole rings is 1. The molecule has 214 valence electrons. The van der Waals surface area contributed by atoms with Gasteiger partial charge in [-0.2, -0.15) is 23.4 Å². The molecule has 2 aromatic heterocycles. The number of hydrogen-bond acceptors (Lipinski definition) is 8. The van der Waals surface area contributed by atoms with Crippen LogP contribution in [0.5, 0.6) is 11.5 Å². The summed E-state index contributed by atoms with van der Waals surface area (Å²) in [5.41, 5.74) is 5.79. The second-order valence-electron chi connectivity index (χ2n) is 9.58. The highest BCUT2D eigenvalue weighted by Crippen LogP contribution is 2.48. The number of aromatic nitrogens is 3. The number of amides is 1. The van der Waals surface area contributed by atoms with Gasteiger partial charge in [0.05, 0.1) is 35.9 Å². The van der Waals surface area contributed by atoms with Gasteiger partial charge in [-0.05, 0) is 55.6 Å². The minimum Gasteiger partial charge on any atom is -0.457 e. The summed E-state index contributed by atoms with van der Waals surface area (Å²) in [4.78, 5) is 19.1. The van der Waals surface area contributed by atoms with Crippen molar-refractivity contribution in [1.29, 1.82) is 0 Å². The third-order valence-electron chi connectivity index (χ3n) is 6.61. The molecule has 1 atom stereocenters. The van der Waals surface area contributed by atoms with Crippen LogP contribution in [0, 0.1) is 11.7 Å². The summed E-state index contributed by atoms with van der Waals surface area (Å²) in [5, 5.41) is 12.6. The highest BCUT2D eigenvalue weighted by molar-refractivity contribution is 7.13. The van der Waals surface area contributed by atoms with Crippen LogP contribution in [0.25, 0.3) is 10.6 Å². The van der Waals surface area contributed by atoms with E-state index in [1.165, 1.54) is 41.8 Å². The van der Waals surface area contributed by atoms with Gasteiger partial charge in [-0.25, -0.2) is 9.37 Å². The van der Waals surface area contributed by atoms with E-state index in [2.05, 4.69) is 20.5 Å². The van der Waals surface area contributed by atoms with Gasteiger partial charge in [0.2, 0.25) is 5.91 Å². The fraction of sp³-hybridized carbons (Fsp3) is 0.286. The minimum absolute atomic E-state index is 0.0135. The highest BCUT2D eigenvalue weighted by atomic mass is 32.1. The van der Waals surface area contributed by atoms with Gasteiger partial charge in [0.15, 0.2) is 0 Å². The zero-order valence-corrected chi connectivity index (χ0v) is 22.5. The number of alkyl halides is 3. The first-order chi connectivity index (χ1) is 19.7. The summed E-state index contributed by atoms with van der Waals surface area (Å²) < 4.78 is 63.5. The number of ether oxygens (including phenoxy) is 1. The third-order valence-corrected chi connectivity index (χ3v) is 7.55. The van der Waals surface area contributed by atoms with Crippen molar-refractivity contribution in [3.63, 3.8) is 0 Å². The Morgan fingerprint density at radius 1 is 1.20 bits per heavy atom. The van der Waals surface area contributed by atoms with E-state index < -0.39 is 29.2 Å². The number of rotatable bonds is 8. The van der Waals surface area contributed by atoms with E-state index in [-0.39, 0.29) is 36.0 Å². The average Bonchev–Trinajstić information content (AvgIpc) is 3.42. The van der Waals surface area contributed by atoms with Crippen LogP contribution >= 0.6 is 11.3 Å². The van der Waals surface area contributed by atoms with Gasteiger partial charge in [-0.15, -0.1) is 11.3 Å². The van der Waals surface area contributed by atoms with Crippen molar-refractivity contribution in [2.75, 3.05) is 29.9 Å². The van der Waals surface area contributed by atoms with E-state index in [0.29, 0.717) is 30.2 Å². The lowest BCUT2D eigenvalue weighted by atomic mass is 9.96. The molecule has 1 amide bonds. The van der Waals surface area contributed by atoms with Crippen LogP contribution in [0.1, 0.15) is 24.1 Å². The van der Waals surface area contributed by atoms with E-state index >= 15 is 0 Å². The van der Waals surface area contributed by atoms with Crippen molar-refractivity contribution in [2.45, 2.75) is 25.4 Å². The Morgan fingerprint density at radius 2 is 2.05 bits per heavy atom. The van der Waals surface area contributed by atoms with Gasteiger partial charge in [-0.3, -0.25) is 4.79 Å². The smallest absolute Gasteiger partial charge is 0.422 e. The number of piperidine rings is 1. The Kier molecular flexibility index (Phi) is 8.45. The largest absolute Gasteiger partial charge is 0.457 e. The predicted molar refractivity (Wildman–Crippen MR) is 147 cm³/mol. The van der Waals surface area contributed by atoms with Crippen molar-refractivity contribution in [3.05, 3.63) is 77.3 Å². The maximum atomic E-state index is 14.7. The van der Waals surface area contributed by atoms with Crippen LogP contribution < -0.4 is 20.7 Å². The van der Waals surface area contributed by atoms with E-state index in [9.17, 15) is 22.4 Å². The Bertz CT molecular complexity index is 1520. The monoisotopic (exact) mass is 586 g/mol. The molecule has 0 spiro atoms. The van der Waals surface area contributed by atoms with Crippen LogP contribution in [0.15, 0.2) is 60.2 Å². The number of carbonyl (C=O) groups is 1. The summed E-state index contributed by atoms with van der Waals surface area (Å²) in [7, 11) is 0. The lowest BCUT2D eigenvalue weighted by Gasteiger charge is -2.37. The molecule has 2 aromatic carbocycles. The Hall–Kier alpha value is -4.10. The van der Waals surface area contributed by atoms with Crippen LogP contribution in [0.3, 0.4) is 0 Å². The number of halogens is 4. The molecule has 3 heterocycles. The van der Waals surface area contributed by atoms with Crippen LogP contribution in [-0.4, -0.2) is 40.7 Å². The maximum Gasteiger partial charge on any atom is 0.422 e. The first kappa shape index (κ1) is 28.4. The van der Waals surface area contributed by atoms with Crippen molar-refractivity contribution in [3.8, 4) is 22.1 Å². The van der Waals surface area contributed by atoms with E-state index in [0.717, 1.165) is 24.1 Å². The van der Waals surface area contributed by atoms with Gasteiger partial charge in [-0.1, -0.05) is 6.07 Å². The Morgan fingerprint density at radius 3 is 2.78 bits per heavy atom. The molecule has 0 radical (unpaired) electrons. The number of carbonyl (C=O) groups excluding carboxylic acids is 1. The minimum atomic E-state index is -4.85. The number of nitrogens with one attached hydrogen (secondary N) is 1. The van der Waals surface area contributed by atoms with Crippen molar-refractivity contribution >= 4 is 28.6 Å². The molecule has 3 N–H and O–H groups in total. The molecular formula is C28H26F4N6O2S. The summed E-state index contributed by atoms with van der Waals surface area (Å²) in [6, 6.07) is 9.13. The quantitative estimate of drug-likeness (QED) is 0.248. The van der Waals surface area contributed by atoms with Crippen LogP contribution in [0.2, 0.25) is 0 Å². The van der Waals surface area contributed by atoms with Crippen LogP contribution in [0.4, 0.5) is 28.9 Å². The summed E-state index contributed by atoms with van der Waals surface area (Å²) in [5.74, 6) is -1.78. The molecule has 1 aliphatic heterocycles. The fourth-order valence-electron chi connectivity index (χ4n) is 4.78. The van der Waals surface area contributed by atoms with Gasteiger partial charge in [0.1, 0.15) is 27.9 Å². The molecule has 0 bridgehead atoms. The molecule has 0 saturated carbocycles. The zero-order valence-electron chi connectivity index (χ0n) is 21.7. The van der Waals surface area contributed by atoms with Crippen LogP contribution in [-0.2, 0) is 17.4 Å². The van der Waals surface area contributed by atoms with Crippen molar-refractivity contribution in [2.24, 2.45) is 11.7 Å². The molecule has 4 aromatic rings. The molecule has 8 nitrogen and oxygen atoms in total. The Labute approximate surface area is 237 Å². The highest BCUT2D eigenvalue weighted by Gasteiger charge is 2.41. The lowest BCUT2D eigenvalue weighted by molar-refractivity contribution is -0.138. The second kappa shape index (κ2) is 12.2.